The van der Waals surface area contributed by atoms with Crippen LogP contribution in [0.1, 0.15) is 0 Å². The van der Waals surface area contributed by atoms with E-state index in [1.807, 2.05) is 22.7 Å². The SMILES string of the molecule is C1=CC2=C3C=CC(n4c5ccc6c7ccccc7sc6c5c5c6ccccc6sc54)=CN3NC2C=C1. The molecule has 0 saturated carbocycles. The Labute approximate surface area is 214 Å². The Kier molecular flexibility index (Phi) is 3.68. The molecule has 0 bridgehead atoms. The quantitative estimate of drug-likeness (QED) is 0.246. The largest absolute Gasteiger partial charge is 0.299 e. The van der Waals surface area contributed by atoms with Crippen molar-refractivity contribution in [2.75, 3.05) is 0 Å². The second-order valence-electron chi connectivity index (χ2n) is 9.50. The van der Waals surface area contributed by atoms with Crippen LogP contribution in [0.2, 0.25) is 0 Å². The Morgan fingerprint density at radius 1 is 0.722 bits per heavy atom. The molecule has 0 radical (unpaired) electrons. The van der Waals surface area contributed by atoms with Crippen LogP contribution in [-0.4, -0.2) is 15.6 Å². The first-order valence-electron chi connectivity index (χ1n) is 12.2. The van der Waals surface area contributed by atoms with Gasteiger partial charge in [0.25, 0.3) is 0 Å². The predicted molar refractivity (Wildman–Crippen MR) is 155 cm³/mol. The average molecular weight is 498 g/mol. The number of hydrogen-bond donors (Lipinski definition) is 1. The van der Waals surface area contributed by atoms with E-state index >= 15 is 0 Å². The Morgan fingerprint density at radius 2 is 1.56 bits per heavy atom. The maximum atomic E-state index is 3.64. The minimum atomic E-state index is 0.231. The highest BCUT2D eigenvalue weighted by molar-refractivity contribution is 7.28. The molecule has 3 aliphatic rings. The maximum absolute atomic E-state index is 3.64. The molecule has 9 rings (SSSR count). The highest BCUT2D eigenvalue weighted by Crippen LogP contribution is 2.48. The number of rotatable bonds is 1. The molecule has 3 nitrogen and oxygen atoms in total. The van der Waals surface area contributed by atoms with E-state index in [1.54, 1.807) is 0 Å². The summed E-state index contributed by atoms with van der Waals surface area (Å²) in [4.78, 5) is 1.31. The standard InChI is InChI=1S/C31H19N3S2/c1-4-10-23-21(8-1)24-15-13-18(17-33(24)32-23)34-25-16-14-20-19-7-2-5-11-26(19)35-30(20)29(25)28-22-9-3-6-12-27(22)36-31(28)34/h1-17,23,32H. The molecule has 1 aliphatic carbocycles. The van der Waals surface area contributed by atoms with Crippen molar-refractivity contribution in [1.82, 2.24) is 15.0 Å². The normalized spacial score (nSPS) is 18.9. The van der Waals surface area contributed by atoms with Crippen LogP contribution in [-0.2, 0) is 0 Å². The Hall–Kier alpha value is -3.90. The van der Waals surface area contributed by atoms with Gasteiger partial charge in [0.05, 0.1) is 23.0 Å². The van der Waals surface area contributed by atoms with Gasteiger partial charge in [-0.3, -0.25) is 9.58 Å². The van der Waals surface area contributed by atoms with Gasteiger partial charge in [-0.15, -0.1) is 22.7 Å². The first-order chi connectivity index (χ1) is 17.8. The number of benzene rings is 3. The molecule has 1 atom stereocenters. The third kappa shape index (κ3) is 2.40. The second-order valence-corrected chi connectivity index (χ2v) is 11.6. The second kappa shape index (κ2) is 6.86. The van der Waals surface area contributed by atoms with Crippen LogP contribution >= 0.6 is 22.7 Å². The molecule has 0 fully saturated rings. The van der Waals surface area contributed by atoms with E-state index in [1.165, 1.54) is 68.3 Å². The lowest BCUT2D eigenvalue weighted by Crippen LogP contribution is -2.33. The van der Waals surface area contributed by atoms with E-state index in [0.29, 0.717) is 0 Å². The van der Waals surface area contributed by atoms with Crippen molar-refractivity contribution in [1.29, 1.82) is 0 Å². The van der Waals surface area contributed by atoms with Crippen LogP contribution in [0.3, 0.4) is 0 Å². The summed E-state index contributed by atoms with van der Waals surface area (Å²) in [6, 6.07) is 22.5. The average Bonchev–Trinajstić information content (AvgIpc) is 3.65. The number of nitrogens with zero attached hydrogens (tertiary/aromatic N) is 2. The van der Waals surface area contributed by atoms with Crippen LogP contribution in [0.5, 0.6) is 0 Å². The van der Waals surface area contributed by atoms with Crippen molar-refractivity contribution >= 4 is 79.7 Å². The van der Waals surface area contributed by atoms with Gasteiger partial charge in [0.2, 0.25) is 0 Å². The fraction of sp³-hybridized carbons (Fsp3) is 0.0323. The van der Waals surface area contributed by atoms with Crippen molar-refractivity contribution < 1.29 is 0 Å². The number of thiophene rings is 2. The summed E-state index contributed by atoms with van der Waals surface area (Å²) in [5.41, 5.74) is 8.62. The van der Waals surface area contributed by atoms with Gasteiger partial charge in [0, 0.05) is 47.2 Å². The third-order valence-corrected chi connectivity index (χ3v) is 9.95. The molecule has 1 unspecified atom stereocenters. The molecule has 0 saturated heterocycles. The van der Waals surface area contributed by atoms with Gasteiger partial charge in [-0.2, -0.15) is 0 Å². The Morgan fingerprint density at radius 3 is 2.47 bits per heavy atom. The van der Waals surface area contributed by atoms with Crippen LogP contribution in [0.4, 0.5) is 0 Å². The number of hydrazine groups is 1. The van der Waals surface area contributed by atoms with Gasteiger partial charge in [-0.05, 0) is 35.9 Å². The summed E-state index contributed by atoms with van der Waals surface area (Å²) < 4.78 is 6.52. The van der Waals surface area contributed by atoms with Gasteiger partial charge < -0.3 is 0 Å². The minimum Gasteiger partial charge on any atom is -0.299 e. The lowest BCUT2D eigenvalue weighted by atomic mass is 10.0. The van der Waals surface area contributed by atoms with Gasteiger partial charge >= 0.3 is 0 Å². The van der Waals surface area contributed by atoms with Gasteiger partial charge in [-0.25, -0.2) is 5.43 Å². The molecule has 0 spiro atoms. The van der Waals surface area contributed by atoms with Crippen molar-refractivity contribution in [3.05, 3.63) is 115 Å². The predicted octanol–water partition coefficient (Wildman–Crippen LogP) is 8.31. The summed E-state index contributed by atoms with van der Waals surface area (Å²) in [6.45, 7) is 0. The minimum absolute atomic E-state index is 0.231. The number of nitrogens with one attached hydrogen (secondary N) is 1. The number of fused-ring (bicyclic) bond motifs is 11. The van der Waals surface area contributed by atoms with E-state index in [0.717, 1.165) is 0 Å². The molecule has 5 heterocycles. The fourth-order valence-electron chi connectivity index (χ4n) is 6.02. The molecule has 6 aromatic rings. The molecule has 0 amide bonds. The summed E-state index contributed by atoms with van der Waals surface area (Å²) in [5.74, 6) is 0. The monoisotopic (exact) mass is 497 g/mol. The number of allylic oxidation sites excluding steroid dienone is 5. The van der Waals surface area contributed by atoms with Crippen LogP contribution in [0, 0.1) is 0 Å². The van der Waals surface area contributed by atoms with Crippen molar-refractivity contribution in [2.24, 2.45) is 0 Å². The highest BCUT2D eigenvalue weighted by atomic mass is 32.1. The Bertz CT molecular complexity index is 2090. The summed E-state index contributed by atoms with van der Waals surface area (Å²) >= 11 is 3.80. The van der Waals surface area contributed by atoms with E-state index < -0.39 is 0 Å². The molecular weight excluding hydrogens is 478 g/mol. The third-order valence-electron chi connectivity index (χ3n) is 7.59. The fourth-order valence-corrected chi connectivity index (χ4v) is 8.51. The van der Waals surface area contributed by atoms with Crippen LogP contribution < -0.4 is 5.43 Å². The lowest BCUT2D eigenvalue weighted by molar-refractivity contribution is 0.371. The molecule has 36 heavy (non-hydrogen) atoms. The molecular formula is C31H19N3S2. The molecule has 1 N–H and O–H groups in total. The number of aromatic nitrogens is 1. The van der Waals surface area contributed by atoms with Gasteiger partial charge in [-0.1, -0.05) is 66.8 Å². The first-order valence-corrected chi connectivity index (χ1v) is 13.8. The molecule has 3 aromatic carbocycles. The van der Waals surface area contributed by atoms with Crippen LogP contribution in [0.25, 0.3) is 57.1 Å². The maximum Gasteiger partial charge on any atom is 0.109 e. The zero-order chi connectivity index (χ0) is 23.4. The summed E-state index contributed by atoms with van der Waals surface area (Å²) in [5, 5.41) is 8.97. The van der Waals surface area contributed by atoms with Gasteiger partial charge in [0.1, 0.15) is 4.83 Å². The van der Waals surface area contributed by atoms with Crippen molar-refractivity contribution in [2.45, 2.75) is 6.04 Å². The van der Waals surface area contributed by atoms with Crippen molar-refractivity contribution in [3.8, 4) is 0 Å². The van der Waals surface area contributed by atoms with E-state index in [2.05, 4.69) is 118 Å². The molecule has 5 heteroatoms. The van der Waals surface area contributed by atoms with E-state index in [9.17, 15) is 0 Å². The lowest BCUT2D eigenvalue weighted by Gasteiger charge is -2.22. The van der Waals surface area contributed by atoms with E-state index in [4.69, 9.17) is 0 Å². The molecule has 2 aliphatic heterocycles. The first kappa shape index (κ1) is 19.3. The van der Waals surface area contributed by atoms with Crippen molar-refractivity contribution in [3.63, 3.8) is 0 Å². The number of hydrogen-bond acceptors (Lipinski definition) is 4. The summed E-state index contributed by atoms with van der Waals surface area (Å²) in [6.07, 6.45) is 15.4. The molecule has 170 valence electrons. The zero-order valence-corrected chi connectivity index (χ0v) is 20.7. The summed E-state index contributed by atoms with van der Waals surface area (Å²) in [7, 11) is 0. The van der Waals surface area contributed by atoms with E-state index in [-0.39, 0.29) is 6.04 Å². The van der Waals surface area contributed by atoms with Gasteiger partial charge in [0.15, 0.2) is 0 Å². The topological polar surface area (TPSA) is 20.2 Å². The zero-order valence-electron chi connectivity index (χ0n) is 19.1. The Balaban J connectivity index is 1.39. The smallest absolute Gasteiger partial charge is 0.109 e. The molecule has 3 aromatic heterocycles. The van der Waals surface area contributed by atoms with Crippen LogP contribution in [0.15, 0.2) is 115 Å². The highest BCUT2D eigenvalue weighted by Gasteiger charge is 2.30.